The fraction of sp³-hybridized carbons (Fsp3) is 0.333. The lowest BCUT2D eigenvalue weighted by atomic mass is 10.1. The summed E-state index contributed by atoms with van der Waals surface area (Å²) >= 11 is 1.56. The van der Waals surface area contributed by atoms with E-state index in [2.05, 4.69) is 0 Å². The number of hydrogen-bond donors (Lipinski definition) is 0. The van der Waals surface area contributed by atoms with Gasteiger partial charge in [0.1, 0.15) is 5.25 Å². The second-order valence-electron chi connectivity index (χ2n) is 6.23. The van der Waals surface area contributed by atoms with Crippen LogP contribution >= 0.6 is 11.8 Å². The topological polar surface area (TPSA) is 49.9 Å². The number of amides is 2. The second-order valence-corrected chi connectivity index (χ2v) is 7.41. The van der Waals surface area contributed by atoms with E-state index in [9.17, 15) is 9.59 Å². The molecule has 0 spiro atoms. The Kier molecular flexibility index (Phi) is 6.76. The summed E-state index contributed by atoms with van der Waals surface area (Å²) < 4.78 is 5.05. The number of hydrogen-bond acceptors (Lipinski definition) is 4. The molecule has 2 aromatic carbocycles. The van der Waals surface area contributed by atoms with Gasteiger partial charge in [-0.15, -0.1) is 11.8 Å². The lowest BCUT2D eigenvalue weighted by Crippen LogP contribution is -2.51. The maximum Gasteiger partial charge on any atom is 0.409 e. The fourth-order valence-corrected chi connectivity index (χ4v) is 4.14. The molecule has 0 N–H and O–H groups in total. The zero-order valence-corrected chi connectivity index (χ0v) is 16.2. The molecule has 142 valence electrons. The molecule has 0 bridgehead atoms. The zero-order valence-electron chi connectivity index (χ0n) is 15.4. The molecule has 0 aliphatic carbocycles. The van der Waals surface area contributed by atoms with Crippen LogP contribution in [0, 0.1) is 0 Å². The van der Waals surface area contributed by atoms with Gasteiger partial charge < -0.3 is 14.5 Å². The van der Waals surface area contributed by atoms with Gasteiger partial charge in [-0.2, -0.15) is 0 Å². The van der Waals surface area contributed by atoms with Gasteiger partial charge in [0.15, 0.2) is 0 Å². The molecule has 0 aromatic heterocycles. The molecule has 1 atom stereocenters. The van der Waals surface area contributed by atoms with Crippen molar-refractivity contribution >= 4 is 23.8 Å². The van der Waals surface area contributed by atoms with Crippen molar-refractivity contribution in [1.82, 2.24) is 9.80 Å². The molecule has 0 radical (unpaired) electrons. The van der Waals surface area contributed by atoms with Crippen LogP contribution in [0.3, 0.4) is 0 Å². The van der Waals surface area contributed by atoms with E-state index in [1.807, 2.05) is 65.6 Å². The highest BCUT2D eigenvalue weighted by molar-refractivity contribution is 8.00. The summed E-state index contributed by atoms with van der Waals surface area (Å²) in [5.74, 6) is 0.0820. The molecule has 1 saturated heterocycles. The first-order valence-corrected chi connectivity index (χ1v) is 10.0. The first-order valence-electron chi connectivity index (χ1n) is 9.16. The minimum Gasteiger partial charge on any atom is -0.450 e. The van der Waals surface area contributed by atoms with Crippen molar-refractivity contribution in [2.75, 3.05) is 32.8 Å². The number of carbonyl (C=O) groups excluding carboxylic acids is 2. The third kappa shape index (κ3) is 5.04. The summed E-state index contributed by atoms with van der Waals surface area (Å²) in [6.07, 6.45) is -0.303. The van der Waals surface area contributed by atoms with E-state index < -0.39 is 0 Å². The third-order valence-electron chi connectivity index (χ3n) is 4.44. The first kappa shape index (κ1) is 19.3. The smallest absolute Gasteiger partial charge is 0.409 e. The predicted molar refractivity (Wildman–Crippen MR) is 107 cm³/mol. The Hall–Kier alpha value is -2.47. The fourth-order valence-electron chi connectivity index (χ4n) is 3.01. The molecule has 6 heteroatoms. The van der Waals surface area contributed by atoms with Gasteiger partial charge in [-0.1, -0.05) is 48.5 Å². The maximum atomic E-state index is 13.3. The van der Waals surface area contributed by atoms with Gasteiger partial charge in [-0.05, 0) is 24.6 Å². The highest BCUT2D eigenvalue weighted by Gasteiger charge is 2.30. The van der Waals surface area contributed by atoms with Crippen molar-refractivity contribution in [2.24, 2.45) is 0 Å². The van der Waals surface area contributed by atoms with Gasteiger partial charge in [-0.25, -0.2) is 4.79 Å². The summed E-state index contributed by atoms with van der Waals surface area (Å²) in [4.78, 5) is 29.7. The number of carbonyl (C=O) groups is 2. The number of thioether (sulfide) groups is 1. The van der Waals surface area contributed by atoms with Crippen molar-refractivity contribution in [3.63, 3.8) is 0 Å². The summed E-state index contributed by atoms with van der Waals surface area (Å²) in [6.45, 7) is 4.21. The Morgan fingerprint density at radius 3 is 2.07 bits per heavy atom. The van der Waals surface area contributed by atoms with Crippen LogP contribution in [-0.2, 0) is 9.53 Å². The minimum atomic E-state index is -0.303. The molecule has 2 aromatic rings. The van der Waals surface area contributed by atoms with Gasteiger partial charge in [0, 0.05) is 31.1 Å². The van der Waals surface area contributed by atoms with E-state index in [4.69, 9.17) is 4.74 Å². The Balaban J connectivity index is 1.71. The van der Waals surface area contributed by atoms with E-state index in [0.717, 1.165) is 10.5 Å². The highest BCUT2D eigenvalue weighted by Crippen LogP contribution is 2.36. The average molecular weight is 385 g/mol. The van der Waals surface area contributed by atoms with Gasteiger partial charge in [-0.3, -0.25) is 4.79 Å². The van der Waals surface area contributed by atoms with Gasteiger partial charge >= 0.3 is 6.09 Å². The molecule has 1 aliphatic rings. The summed E-state index contributed by atoms with van der Waals surface area (Å²) in [7, 11) is 0. The normalized spacial score (nSPS) is 15.3. The van der Waals surface area contributed by atoms with Crippen LogP contribution in [0.25, 0.3) is 0 Å². The minimum absolute atomic E-state index is 0.0820. The SMILES string of the molecule is CCOC(=O)N1CCN(C(=O)C(Sc2ccccc2)c2ccccc2)CC1. The van der Waals surface area contributed by atoms with Crippen molar-refractivity contribution in [2.45, 2.75) is 17.1 Å². The predicted octanol–water partition coefficient (Wildman–Crippen LogP) is 3.82. The molecule has 1 heterocycles. The molecule has 1 unspecified atom stereocenters. The van der Waals surface area contributed by atoms with Crippen LogP contribution in [0.15, 0.2) is 65.6 Å². The Bertz CT molecular complexity index is 747. The lowest BCUT2D eigenvalue weighted by Gasteiger charge is -2.35. The van der Waals surface area contributed by atoms with Crippen molar-refractivity contribution in [3.05, 3.63) is 66.2 Å². The van der Waals surface area contributed by atoms with Crippen LogP contribution in [0.5, 0.6) is 0 Å². The molecule has 27 heavy (non-hydrogen) atoms. The van der Waals surface area contributed by atoms with Gasteiger partial charge in [0.2, 0.25) is 5.91 Å². The summed E-state index contributed by atoms with van der Waals surface area (Å²) in [6, 6.07) is 19.8. The number of ether oxygens (including phenoxy) is 1. The van der Waals surface area contributed by atoms with Gasteiger partial charge in [0.25, 0.3) is 0 Å². The number of piperazine rings is 1. The molecule has 1 fully saturated rings. The van der Waals surface area contributed by atoms with Crippen molar-refractivity contribution in [3.8, 4) is 0 Å². The van der Waals surface area contributed by atoms with Crippen molar-refractivity contribution < 1.29 is 14.3 Å². The van der Waals surface area contributed by atoms with Crippen LogP contribution in [0.1, 0.15) is 17.7 Å². The van der Waals surface area contributed by atoms with Crippen LogP contribution < -0.4 is 0 Å². The van der Waals surface area contributed by atoms with E-state index in [-0.39, 0.29) is 17.3 Å². The largest absolute Gasteiger partial charge is 0.450 e. The highest BCUT2D eigenvalue weighted by atomic mass is 32.2. The third-order valence-corrected chi connectivity index (χ3v) is 5.69. The van der Waals surface area contributed by atoms with Crippen LogP contribution in [-0.4, -0.2) is 54.6 Å². The van der Waals surface area contributed by atoms with Gasteiger partial charge in [0.05, 0.1) is 6.61 Å². The first-order chi connectivity index (χ1) is 13.2. The zero-order chi connectivity index (χ0) is 19.1. The standard InChI is InChI=1S/C21H24N2O3S/c1-2-26-21(25)23-15-13-22(14-16-23)20(24)19(17-9-5-3-6-10-17)27-18-11-7-4-8-12-18/h3-12,19H,2,13-16H2,1H3. The summed E-state index contributed by atoms with van der Waals surface area (Å²) in [5.41, 5.74) is 0.990. The van der Waals surface area contributed by atoms with E-state index in [0.29, 0.717) is 32.8 Å². The van der Waals surface area contributed by atoms with Crippen molar-refractivity contribution in [1.29, 1.82) is 0 Å². The summed E-state index contributed by atoms with van der Waals surface area (Å²) in [5, 5.41) is -0.303. The number of nitrogens with zero attached hydrogens (tertiary/aromatic N) is 2. The monoisotopic (exact) mass is 384 g/mol. The maximum absolute atomic E-state index is 13.3. The molecule has 5 nitrogen and oxygen atoms in total. The lowest BCUT2D eigenvalue weighted by molar-refractivity contribution is -0.132. The molecular formula is C21H24N2O3S. The molecule has 1 aliphatic heterocycles. The number of rotatable bonds is 5. The molecule has 3 rings (SSSR count). The van der Waals surface area contributed by atoms with E-state index >= 15 is 0 Å². The quantitative estimate of drug-likeness (QED) is 0.736. The Morgan fingerprint density at radius 1 is 0.926 bits per heavy atom. The molecular weight excluding hydrogens is 360 g/mol. The van der Waals surface area contributed by atoms with Crippen LogP contribution in [0.4, 0.5) is 4.79 Å². The Morgan fingerprint density at radius 2 is 1.48 bits per heavy atom. The Labute approximate surface area is 164 Å². The number of benzene rings is 2. The van der Waals surface area contributed by atoms with Crippen LogP contribution in [0.2, 0.25) is 0 Å². The van der Waals surface area contributed by atoms with E-state index in [1.165, 1.54) is 0 Å². The molecule has 0 saturated carbocycles. The van der Waals surface area contributed by atoms with E-state index in [1.54, 1.807) is 23.6 Å². The average Bonchev–Trinajstić information content (AvgIpc) is 2.73. The molecule has 2 amide bonds. The second kappa shape index (κ2) is 9.46.